The number of nitrogens with one attached hydrogen (secondary N) is 1. The van der Waals surface area contributed by atoms with E-state index in [4.69, 9.17) is 22.4 Å². The Morgan fingerprint density at radius 2 is 2.10 bits per heavy atom. The number of para-hydroxylation sites is 1. The first kappa shape index (κ1) is 12.3. The SMILES string of the molecule is NC(=O)c1c(-c2n[nH]c(=S)o2)cnn1-c1ccccc1. The number of hydrogen-bond donors (Lipinski definition) is 2. The van der Waals surface area contributed by atoms with Crippen molar-refractivity contribution in [2.45, 2.75) is 0 Å². The zero-order chi connectivity index (χ0) is 14.1. The maximum absolute atomic E-state index is 11.7. The molecular formula is C12H9N5O2S. The summed E-state index contributed by atoms with van der Waals surface area (Å²) in [6.07, 6.45) is 1.46. The fourth-order valence-electron chi connectivity index (χ4n) is 1.85. The van der Waals surface area contributed by atoms with Gasteiger partial charge in [0.1, 0.15) is 5.69 Å². The highest BCUT2D eigenvalue weighted by Crippen LogP contribution is 2.23. The Morgan fingerprint density at radius 3 is 2.70 bits per heavy atom. The second kappa shape index (κ2) is 4.74. The lowest BCUT2D eigenvalue weighted by Gasteiger charge is -2.05. The molecule has 7 nitrogen and oxygen atoms in total. The first-order valence-corrected chi connectivity index (χ1v) is 6.07. The third-order valence-electron chi connectivity index (χ3n) is 2.67. The zero-order valence-electron chi connectivity index (χ0n) is 10.1. The highest BCUT2D eigenvalue weighted by molar-refractivity contribution is 7.71. The van der Waals surface area contributed by atoms with Crippen LogP contribution >= 0.6 is 12.2 Å². The smallest absolute Gasteiger partial charge is 0.284 e. The lowest BCUT2D eigenvalue weighted by molar-refractivity contribution is 0.0993. The Morgan fingerprint density at radius 1 is 1.35 bits per heavy atom. The van der Waals surface area contributed by atoms with Crippen LogP contribution in [0.3, 0.4) is 0 Å². The van der Waals surface area contributed by atoms with Gasteiger partial charge < -0.3 is 10.2 Å². The van der Waals surface area contributed by atoms with E-state index in [0.29, 0.717) is 11.3 Å². The van der Waals surface area contributed by atoms with Gasteiger partial charge in [-0.25, -0.2) is 9.78 Å². The van der Waals surface area contributed by atoms with Crippen molar-refractivity contribution in [2.24, 2.45) is 5.73 Å². The quantitative estimate of drug-likeness (QED) is 0.713. The summed E-state index contributed by atoms with van der Waals surface area (Å²) in [6, 6.07) is 9.15. The molecule has 3 aromatic rings. The fraction of sp³-hybridized carbons (Fsp3) is 0. The normalized spacial score (nSPS) is 10.6. The average molecular weight is 287 g/mol. The molecular weight excluding hydrogens is 278 g/mol. The van der Waals surface area contributed by atoms with Crippen molar-refractivity contribution in [1.82, 2.24) is 20.0 Å². The van der Waals surface area contributed by atoms with Crippen LogP contribution in [0.4, 0.5) is 0 Å². The number of rotatable bonds is 3. The molecule has 0 saturated heterocycles. The molecule has 0 bridgehead atoms. The van der Waals surface area contributed by atoms with Crippen LogP contribution in [0.1, 0.15) is 10.5 Å². The third-order valence-corrected chi connectivity index (χ3v) is 2.85. The Bertz CT molecular complexity index is 818. The molecule has 0 saturated carbocycles. The van der Waals surface area contributed by atoms with Crippen LogP contribution < -0.4 is 5.73 Å². The number of amides is 1. The van der Waals surface area contributed by atoms with Gasteiger partial charge in [0.2, 0.25) is 0 Å². The van der Waals surface area contributed by atoms with Crippen LogP contribution in [0, 0.1) is 4.84 Å². The molecule has 100 valence electrons. The van der Waals surface area contributed by atoms with Crippen molar-refractivity contribution < 1.29 is 9.21 Å². The van der Waals surface area contributed by atoms with Gasteiger partial charge in [-0.15, -0.1) is 5.10 Å². The molecule has 1 amide bonds. The van der Waals surface area contributed by atoms with Gasteiger partial charge in [0.15, 0.2) is 0 Å². The largest absolute Gasteiger partial charge is 0.409 e. The minimum Gasteiger partial charge on any atom is -0.409 e. The zero-order valence-corrected chi connectivity index (χ0v) is 10.9. The summed E-state index contributed by atoms with van der Waals surface area (Å²) in [5.74, 6) is -0.462. The molecule has 0 spiro atoms. The van der Waals surface area contributed by atoms with E-state index in [1.165, 1.54) is 10.9 Å². The monoisotopic (exact) mass is 287 g/mol. The molecule has 8 heteroatoms. The van der Waals surface area contributed by atoms with Crippen molar-refractivity contribution in [3.8, 4) is 17.1 Å². The molecule has 0 aliphatic heterocycles. The van der Waals surface area contributed by atoms with Gasteiger partial charge in [0, 0.05) is 0 Å². The van der Waals surface area contributed by atoms with Crippen LogP contribution in [0.5, 0.6) is 0 Å². The van der Waals surface area contributed by atoms with Crippen molar-refractivity contribution >= 4 is 18.1 Å². The van der Waals surface area contributed by atoms with E-state index in [-0.39, 0.29) is 16.4 Å². The molecule has 0 atom stereocenters. The predicted molar refractivity (Wildman–Crippen MR) is 72.8 cm³/mol. The minimum absolute atomic E-state index is 0.114. The summed E-state index contributed by atoms with van der Waals surface area (Å²) < 4.78 is 6.63. The number of nitrogens with two attached hydrogens (primary N) is 1. The van der Waals surface area contributed by atoms with E-state index in [1.54, 1.807) is 0 Å². The van der Waals surface area contributed by atoms with Crippen LogP contribution in [0.25, 0.3) is 17.1 Å². The standard InChI is InChI=1S/C12H9N5O2S/c13-10(18)9-8(11-15-16-12(20)19-11)6-14-17(9)7-4-2-1-3-5-7/h1-6H,(H2,13,18)(H,16,20). The Labute approximate surface area is 118 Å². The number of hydrogen-bond acceptors (Lipinski definition) is 5. The molecule has 0 aliphatic carbocycles. The molecule has 3 rings (SSSR count). The topological polar surface area (TPSA) is 103 Å². The van der Waals surface area contributed by atoms with Gasteiger partial charge in [-0.05, 0) is 24.4 Å². The summed E-state index contributed by atoms with van der Waals surface area (Å²) in [7, 11) is 0. The summed E-state index contributed by atoms with van der Waals surface area (Å²) in [5, 5.41) is 10.5. The van der Waals surface area contributed by atoms with Crippen molar-refractivity contribution in [3.05, 3.63) is 47.1 Å². The van der Waals surface area contributed by atoms with Gasteiger partial charge in [-0.3, -0.25) is 4.79 Å². The first-order chi connectivity index (χ1) is 9.66. The van der Waals surface area contributed by atoms with E-state index in [2.05, 4.69) is 15.3 Å². The maximum Gasteiger partial charge on any atom is 0.284 e. The Balaban J connectivity index is 2.21. The second-order valence-corrected chi connectivity index (χ2v) is 4.31. The Hall–Kier alpha value is -2.74. The van der Waals surface area contributed by atoms with Gasteiger partial charge in [-0.1, -0.05) is 18.2 Å². The van der Waals surface area contributed by atoms with Crippen molar-refractivity contribution in [2.75, 3.05) is 0 Å². The maximum atomic E-state index is 11.7. The molecule has 0 unspecified atom stereocenters. The van der Waals surface area contributed by atoms with Gasteiger partial charge >= 0.3 is 0 Å². The summed E-state index contributed by atoms with van der Waals surface area (Å²) in [4.78, 5) is 11.8. The molecule has 1 aromatic carbocycles. The van der Waals surface area contributed by atoms with Gasteiger partial charge in [-0.2, -0.15) is 5.10 Å². The second-order valence-electron chi connectivity index (χ2n) is 3.94. The van der Waals surface area contributed by atoms with Crippen molar-refractivity contribution in [1.29, 1.82) is 0 Å². The van der Waals surface area contributed by atoms with Crippen molar-refractivity contribution in [3.63, 3.8) is 0 Å². The average Bonchev–Trinajstić information content (AvgIpc) is 3.05. The fourth-order valence-corrected chi connectivity index (χ4v) is 1.98. The molecule has 0 fully saturated rings. The van der Waals surface area contributed by atoms with Gasteiger partial charge in [0.05, 0.1) is 17.4 Å². The van der Waals surface area contributed by atoms with Crippen LogP contribution in [0.15, 0.2) is 40.9 Å². The van der Waals surface area contributed by atoms with Crippen LogP contribution in [-0.2, 0) is 0 Å². The molecule has 2 aromatic heterocycles. The number of aromatic amines is 1. The summed E-state index contributed by atoms with van der Waals surface area (Å²) in [5.41, 5.74) is 6.71. The van der Waals surface area contributed by atoms with Crippen LogP contribution in [0.2, 0.25) is 0 Å². The van der Waals surface area contributed by atoms with E-state index in [1.807, 2.05) is 30.3 Å². The summed E-state index contributed by atoms with van der Waals surface area (Å²) >= 11 is 4.81. The Kier molecular flexibility index (Phi) is 2.92. The van der Waals surface area contributed by atoms with E-state index in [0.717, 1.165) is 0 Å². The highest BCUT2D eigenvalue weighted by Gasteiger charge is 2.21. The number of carbonyl (C=O) groups excluding carboxylic acids is 1. The number of H-pyrrole nitrogens is 1. The van der Waals surface area contributed by atoms with Crippen LogP contribution in [-0.4, -0.2) is 25.9 Å². The van der Waals surface area contributed by atoms with E-state index in [9.17, 15) is 4.79 Å². The predicted octanol–water partition coefficient (Wildman–Crippen LogP) is 1.68. The van der Waals surface area contributed by atoms with E-state index >= 15 is 0 Å². The highest BCUT2D eigenvalue weighted by atomic mass is 32.1. The lowest BCUT2D eigenvalue weighted by Crippen LogP contribution is -2.17. The lowest BCUT2D eigenvalue weighted by atomic mass is 10.2. The molecule has 0 radical (unpaired) electrons. The number of benzene rings is 1. The number of carbonyl (C=O) groups is 1. The third kappa shape index (κ3) is 2.01. The molecule has 3 N–H and O–H groups in total. The molecule has 2 heterocycles. The molecule has 0 aliphatic rings. The van der Waals surface area contributed by atoms with Gasteiger partial charge in [0.25, 0.3) is 16.6 Å². The van der Waals surface area contributed by atoms with E-state index < -0.39 is 5.91 Å². The minimum atomic E-state index is -0.634. The number of primary amides is 1. The molecule has 20 heavy (non-hydrogen) atoms. The number of nitrogens with zero attached hydrogens (tertiary/aromatic N) is 3. The number of aromatic nitrogens is 4. The summed E-state index contributed by atoms with van der Waals surface area (Å²) in [6.45, 7) is 0. The first-order valence-electron chi connectivity index (χ1n) is 5.66.